The van der Waals surface area contributed by atoms with Crippen LogP contribution in [0.4, 0.5) is 0 Å². The summed E-state index contributed by atoms with van der Waals surface area (Å²) in [5.41, 5.74) is 4.65. The smallest absolute Gasteiger partial charge is 0.335 e. The van der Waals surface area contributed by atoms with Gasteiger partial charge < -0.3 is 49.8 Å². The van der Waals surface area contributed by atoms with Gasteiger partial charge in [0, 0.05) is 47.7 Å². The monoisotopic (exact) mass is 613 g/mol. The number of likely N-dealkylation sites (tertiary alicyclic amines) is 1. The predicted molar refractivity (Wildman–Crippen MR) is 160 cm³/mol. The number of carboxylic acids is 2. The van der Waals surface area contributed by atoms with Gasteiger partial charge in [-0.25, -0.2) is 9.59 Å². The maximum absolute atomic E-state index is 12.9. The molecule has 0 radical (unpaired) electrons. The summed E-state index contributed by atoms with van der Waals surface area (Å²) in [6.07, 6.45) is 0.847. The second kappa shape index (κ2) is 14.0. The van der Waals surface area contributed by atoms with Gasteiger partial charge in [0.1, 0.15) is 0 Å². The van der Waals surface area contributed by atoms with Crippen LogP contribution in [-0.4, -0.2) is 108 Å². The van der Waals surface area contributed by atoms with Crippen LogP contribution in [-0.2, 0) is 16.0 Å². The fourth-order valence-electron chi connectivity index (χ4n) is 6.24. The number of benzene rings is 2. The van der Waals surface area contributed by atoms with Crippen LogP contribution in [0.25, 0.3) is 10.9 Å². The summed E-state index contributed by atoms with van der Waals surface area (Å²) in [7, 11) is 6.90. The van der Waals surface area contributed by atoms with E-state index in [1.807, 2.05) is 0 Å². The number of rotatable bonds is 10. The second-order valence-corrected chi connectivity index (χ2v) is 11.0. The number of aliphatic carboxylic acids is 2. The molecule has 2 aliphatic rings. The molecule has 1 unspecified atom stereocenters. The first-order valence-corrected chi connectivity index (χ1v) is 14.2. The van der Waals surface area contributed by atoms with E-state index in [-0.39, 0.29) is 5.91 Å². The largest absolute Gasteiger partial charge is 0.493 e. The Labute approximate surface area is 254 Å². The zero-order valence-corrected chi connectivity index (χ0v) is 25.1. The van der Waals surface area contributed by atoms with Gasteiger partial charge >= 0.3 is 11.9 Å². The van der Waals surface area contributed by atoms with Gasteiger partial charge in [-0.2, -0.15) is 0 Å². The van der Waals surface area contributed by atoms with Crippen molar-refractivity contribution in [3.63, 3.8) is 0 Å². The topological polar surface area (TPSA) is 191 Å². The lowest BCUT2D eigenvalue weighted by Crippen LogP contribution is -2.48. The molecule has 1 fully saturated rings. The summed E-state index contributed by atoms with van der Waals surface area (Å²) in [6.45, 7) is 1.68. The van der Waals surface area contributed by atoms with Crippen LogP contribution in [0.15, 0.2) is 36.5 Å². The van der Waals surface area contributed by atoms with Crippen molar-refractivity contribution in [2.75, 3.05) is 41.5 Å². The van der Waals surface area contributed by atoms with Crippen molar-refractivity contribution in [1.29, 1.82) is 0 Å². The molecular weight excluding hydrogens is 574 g/mol. The number of piperidine rings is 1. The number of methoxy groups -OCH3 is 3. The Bertz CT molecular complexity index is 1460. The molecule has 13 nitrogen and oxygen atoms in total. The van der Waals surface area contributed by atoms with Gasteiger partial charge in [-0.05, 0) is 61.6 Å². The number of aromatic amines is 1. The molecule has 1 amide bonds. The van der Waals surface area contributed by atoms with Crippen LogP contribution in [0.1, 0.15) is 40.2 Å². The molecule has 1 aromatic heterocycles. The summed E-state index contributed by atoms with van der Waals surface area (Å²) in [4.78, 5) is 38.4. The molecule has 1 aliphatic carbocycles. The van der Waals surface area contributed by atoms with Crippen molar-refractivity contribution in [3.05, 3.63) is 53.2 Å². The fourth-order valence-corrected chi connectivity index (χ4v) is 6.24. The van der Waals surface area contributed by atoms with E-state index in [2.05, 4.69) is 46.6 Å². The first kappa shape index (κ1) is 32.6. The molecule has 2 heterocycles. The number of carboxylic acid groups (broad SMARTS) is 2. The van der Waals surface area contributed by atoms with Crippen LogP contribution in [0, 0.1) is 5.92 Å². The first-order chi connectivity index (χ1) is 21.0. The van der Waals surface area contributed by atoms with E-state index in [1.54, 1.807) is 33.5 Å². The number of nitrogens with zero attached hydrogens (tertiary/aromatic N) is 1. The Hall–Kier alpha value is -4.33. The Balaban J connectivity index is 0.000000382. The Morgan fingerprint density at radius 1 is 1.02 bits per heavy atom. The molecule has 0 saturated carbocycles. The maximum Gasteiger partial charge on any atom is 0.335 e. The number of likely N-dealkylation sites (N-methyl/N-ethyl adjacent to an activating group) is 1. The molecule has 5 atom stereocenters. The molecule has 0 spiro atoms. The molecular formula is C31H39N3O10. The number of nitrogens with one attached hydrogen (secondary N) is 2. The van der Waals surface area contributed by atoms with Crippen LogP contribution < -0.4 is 19.5 Å². The third-order valence-corrected chi connectivity index (χ3v) is 8.38. The Morgan fingerprint density at radius 2 is 1.66 bits per heavy atom. The fraction of sp³-hybridized carbons (Fsp3) is 0.452. The number of hydrogen-bond donors (Lipinski definition) is 6. The maximum atomic E-state index is 12.9. The molecule has 5 rings (SSSR count). The van der Waals surface area contributed by atoms with Crippen LogP contribution in [0.2, 0.25) is 0 Å². The van der Waals surface area contributed by atoms with Crippen molar-refractivity contribution in [3.8, 4) is 17.2 Å². The van der Waals surface area contributed by atoms with E-state index in [0.29, 0.717) is 47.2 Å². The minimum atomic E-state index is -2.27. The minimum absolute atomic E-state index is 0.138. The number of hydrogen-bond acceptors (Lipinski definition) is 9. The molecule has 238 valence electrons. The van der Waals surface area contributed by atoms with E-state index in [4.69, 9.17) is 34.6 Å². The highest BCUT2D eigenvalue weighted by atomic mass is 16.5. The third-order valence-electron chi connectivity index (χ3n) is 8.38. The van der Waals surface area contributed by atoms with Crippen molar-refractivity contribution < 1.29 is 49.0 Å². The van der Waals surface area contributed by atoms with Gasteiger partial charge in [0.2, 0.25) is 5.75 Å². The second-order valence-electron chi connectivity index (χ2n) is 11.0. The standard InChI is InChI=1S/C27H33N3O4.C4H6O6/c1-30-15-16(10-20-19-6-5-7-21-25(19)18(14-29-21)11-22(20)30)8-9-28-27(31)17-12-23(32-2)26(34-4)24(13-17)33-3;5-1(3(7)8)2(6)4(9)10/h5-7,12-14,16,20,22,29H,8-11,15H2,1-4H3,(H,28,31);1-2,5-6H,(H,7,8)(H,9,10)/t16-,20?,22-;1-,2-/m11/s1. The lowest BCUT2D eigenvalue weighted by molar-refractivity contribution is -0.165. The van der Waals surface area contributed by atoms with Gasteiger partial charge in [0.25, 0.3) is 5.91 Å². The van der Waals surface area contributed by atoms with Gasteiger partial charge in [0.15, 0.2) is 23.7 Å². The van der Waals surface area contributed by atoms with Crippen LogP contribution in [0.5, 0.6) is 17.2 Å². The van der Waals surface area contributed by atoms with Crippen molar-refractivity contribution in [2.45, 2.75) is 43.4 Å². The SMILES string of the molecule is COc1cc(C(=O)NCC[C@@H]2CC3c4cccc5[nH]cc(c45)C[C@H]3N(C)C2)cc(OC)c1OC.O=C(O)[C@H](O)[C@@H](O)C(=O)O. The summed E-state index contributed by atoms with van der Waals surface area (Å²) in [5.74, 6) is -1.19. The molecule has 1 aliphatic heterocycles. The molecule has 3 aromatic rings. The van der Waals surface area contributed by atoms with Crippen molar-refractivity contribution in [1.82, 2.24) is 15.2 Å². The predicted octanol–water partition coefficient (Wildman–Crippen LogP) is 1.85. The highest BCUT2D eigenvalue weighted by Crippen LogP contribution is 2.45. The molecule has 1 saturated heterocycles. The quantitative estimate of drug-likeness (QED) is 0.196. The van der Waals surface area contributed by atoms with Gasteiger partial charge in [0.05, 0.1) is 21.3 Å². The molecule has 6 N–H and O–H groups in total. The zero-order chi connectivity index (χ0) is 32.1. The number of carbonyl (C=O) groups excluding carboxylic acids is 1. The number of fused-ring (bicyclic) bond motifs is 2. The van der Waals surface area contributed by atoms with Crippen LogP contribution >= 0.6 is 0 Å². The highest BCUT2D eigenvalue weighted by molar-refractivity contribution is 5.95. The van der Waals surface area contributed by atoms with Gasteiger partial charge in [-0.15, -0.1) is 0 Å². The summed E-state index contributed by atoms with van der Waals surface area (Å²) in [6, 6.07) is 10.6. The summed E-state index contributed by atoms with van der Waals surface area (Å²) in [5, 5.41) is 37.0. The number of H-pyrrole nitrogens is 1. The lowest BCUT2D eigenvalue weighted by Gasteiger charge is -2.45. The van der Waals surface area contributed by atoms with E-state index >= 15 is 0 Å². The molecule has 13 heteroatoms. The number of amides is 1. The highest BCUT2D eigenvalue weighted by Gasteiger charge is 2.39. The zero-order valence-electron chi connectivity index (χ0n) is 25.1. The van der Waals surface area contributed by atoms with E-state index in [0.717, 1.165) is 25.8 Å². The summed E-state index contributed by atoms with van der Waals surface area (Å²) >= 11 is 0. The van der Waals surface area contributed by atoms with Crippen LogP contribution in [0.3, 0.4) is 0 Å². The average molecular weight is 614 g/mol. The summed E-state index contributed by atoms with van der Waals surface area (Å²) < 4.78 is 16.1. The molecule has 44 heavy (non-hydrogen) atoms. The van der Waals surface area contributed by atoms with Crippen molar-refractivity contribution in [2.24, 2.45) is 5.92 Å². The van der Waals surface area contributed by atoms with E-state index in [1.165, 1.54) is 22.0 Å². The molecule has 2 aromatic carbocycles. The third kappa shape index (κ3) is 6.74. The number of aromatic nitrogens is 1. The Kier molecular flexibility index (Phi) is 10.3. The molecule has 0 bridgehead atoms. The normalized spacial score (nSPS) is 20.4. The number of carbonyl (C=O) groups is 3. The first-order valence-electron chi connectivity index (χ1n) is 14.2. The van der Waals surface area contributed by atoms with E-state index < -0.39 is 24.1 Å². The van der Waals surface area contributed by atoms with E-state index in [9.17, 15) is 14.4 Å². The number of aliphatic hydroxyl groups excluding tert-OH is 2. The Morgan fingerprint density at radius 3 is 2.23 bits per heavy atom. The van der Waals surface area contributed by atoms with Gasteiger partial charge in [-0.1, -0.05) is 12.1 Å². The lowest BCUT2D eigenvalue weighted by atomic mass is 9.72. The minimum Gasteiger partial charge on any atom is -0.493 e. The number of ether oxygens (including phenoxy) is 3. The number of aliphatic hydroxyl groups is 2. The average Bonchev–Trinajstić information content (AvgIpc) is 3.44. The van der Waals surface area contributed by atoms with Crippen molar-refractivity contribution >= 4 is 28.7 Å². The van der Waals surface area contributed by atoms with Gasteiger partial charge in [-0.3, -0.25) is 4.79 Å².